The van der Waals surface area contributed by atoms with Gasteiger partial charge in [-0.2, -0.15) is 0 Å². The highest BCUT2D eigenvalue weighted by Gasteiger charge is 2.36. The van der Waals surface area contributed by atoms with Gasteiger partial charge in [0.05, 0.1) is 42.6 Å². The minimum atomic E-state index is -0.612. The van der Waals surface area contributed by atoms with E-state index in [0.29, 0.717) is 37.9 Å². The summed E-state index contributed by atoms with van der Waals surface area (Å²) >= 11 is 6.22. The molecule has 0 bridgehead atoms. The topological polar surface area (TPSA) is 74.3 Å². The fourth-order valence-electron chi connectivity index (χ4n) is 4.05. The zero-order valence-corrected chi connectivity index (χ0v) is 16.4. The van der Waals surface area contributed by atoms with Crippen molar-refractivity contribution in [2.75, 3.05) is 33.0 Å². The minimum Gasteiger partial charge on any atom is -0.489 e. The van der Waals surface area contributed by atoms with Gasteiger partial charge in [-0.1, -0.05) is 24.4 Å². The molecule has 0 radical (unpaired) electrons. The van der Waals surface area contributed by atoms with E-state index < -0.39 is 5.97 Å². The number of amides is 1. The van der Waals surface area contributed by atoms with E-state index in [4.69, 9.17) is 30.5 Å². The van der Waals surface area contributed by atoms with E-state index in [2.05, 4.69) is 0 Å². The van der Waals surface area contributed by atoms with E-state index in [-0.39, 0.29) is 35.2 Å². The zero-order valence-electron chi connectivity index (χ0n) is 15.7. The summed E-state index contributed by atoms with van der Waals surface area (Å²) in [5.74, 6) is 0.0540. The number of rotatable bonds is 3. The lowest BCUT2D eigenvalue weighted by molar-refractivity contribution is -0.152. The van der Waals surface area contributed by atoms with Crippen molar-refractivity contribution in [1.82, 2.24) is 4.90 Å². The van der Waals surface area contributed by atoms with Crippen LogP contribution in [0.1, 0.15) is 42.5 Å². The standard InChI is InChI=1S/C20H24ClNO6/c21-14-10-13(11-17-19(14)27-8-3-7-25-17)20(24)28-12-18(23)22-6-9-26-16-5-2-1-4-15(16)22/h10-11,15-16H,1-9,12H2/t15-,16-/m0/s1. The number of esters is 1. The van der Waals surface area contributed by atoms with E-state index in [1.54, 1.807) is 6.07 Å². The van der Waals surface area contributed by atoms with E-state index >= 15 is 0 Å². The fraction of sp³-hybridized carbons (Fsp3) is 0.600. The summed E-state index contributed by atoms with van der Waals surface area (Å²) in [6.07, 6.45) is 4.96. The molecule has 2 aliphatic heterocycles. The van der Waals surface area contributed by atoms with Crippen LogP contribution in [0.2, 0.25) is 5.02 Å². The maximum atomic E-state index is 12.7. The predicted molar refractivity (Wildman–Crippen MR) is 101 cm³/mol. The van der Waals surface area contributed by atoms with Crippen LogP contribution in [0.15, 0.2) is 12.1 Å². The van der Waals surface area contributed by atoms with Crippen LogP contribution in [-0.2, 0) is 14.3 Å². The molecule has 2 atom stereocenters. The number of carbonyl (C=O) groups is 2. The second-order valence-corrected chi connectivity index (χ2v) is 7.67. The van der Waals surface area contributed by atoms with Gasteiger partial charge < -0.3 is 23.8 Å². The highest BCUT2D eigenvalue weighted by atomic mass is 35.5. The van der Waals surface area contributed by atoms with Crippen molar-refractivity contribution in [3.05, 3.63) is 22.7 Å². The SMILES string of the molecule is O=C(OCC(=O)N1CCO[C@H]2CCCC[C@@H]21)c1cc(Cl)c2c(c1)OCCCO2. The first kappa shape index (κ1) is 19.3. The number of benzene rings is 1. The third-order valence-corrected chi connectivity index (χ3v) is 5.70. The Morgan fingerprint density at radius 3 is 2.82 bits per heavy atom. The lowest BCUT2D eigenvalue weighted by Gasteiger charge is -2.43. The predicted octanol–water partition coefficient (Wildman–Crippen LogP) is 2.83. The van der Waals surface area contributed by atoms with Crippen molar-refractivity contribution >= 4 is 23.5 Å². The third-order valence-electron chi connectivity index (χ3n) is 5.42. The maximum Gasteiger partial charge on any atom is 0.338 e. The molecule has 1 aliphatic carbocycles. The lowest BCUT2D eigenvalue weighted by atomic mass is 9.90. The van der Waals surface area contributed by atoms with Crippen LogP contribution in [0, 0.1) is 0 Å². The van der Waals surface area contributed by atoms with E-state index in [9.17, 15) is 9.59 Å². The van der Waals surface area contributed by atoms with Gasteiger partial charge in [-0.15, -0.1) is 0 Å². The van der Waals surface area contributed by atoms with Crippen molar-refractivity contribution in [2.24, 2.45) is 0 Å². The van der Waals surface area contributed by atoms with Gasteiger partial charge in [0.15, 0.2) is 18.1 Å². The first-order valence-corrected chi connectivity index (χ1v) is 10.2. The van der Waals surface area contributed by atoms with Gasteiger partial charge in [0.25, 0.3) is 5.91 Å². The van der Waals surface area contributed by atoms with Crippen LogP contribution >= 0.6 is 11.6 Å². The highest BCUT2D eigenvalue weighted by Crippen LogP contribution is 2.38. The Bertz CT molecular complexity index is 752. The van der Waals surface area contributed by atoms with Gasteiger partial charge in [-0.25, -0.2) is 4.79 Å². The van der Waals surface area contributed by atoms with Crippen LogP contribution < -0.4 is 9.47 Å². The molecule has 0 unspecified atom stereocenters. The number of halogens is 1. The summed E-state index contributed by atoms with van der Waals surface area (Å²) in [5, 5.41) is 0.288. The van der Waals surface area contributed by atoms with E-state index in [1.165, 1.54) is 6.07 Å². The maximum absolute atomic E-state index is 12.7. The van der Waals surface area contributed by atoms with Gasteiger partial charge in [-0.3, -0.25) is 4.79 Å². The summed E-state index contributed by atoms with van der Waals surface area (Å²) in [7, 11) is 0. The molecule has 1 aromatic carbocycles. The summed E-state index contributed by atoms with van der Waals surface area (Å²) < 4.78 is 22.2. The quantitative estimate of drug-likeness (QED) is 0.715. The third kappa shape index (κ3) is 4.05. The number of morpholine rings is 1. The number of fused-ring (bicyclic) bond motifs is 2. The summed E-state index contributed by atoms with van der Waals surface area (Å²) in [6.45, 7) is 1.76. The Kier molecular flexibility index (Phi) is 5.92. The van der Waals surface area contributed by atoms with Crippen LogP contribution in [0.4, 0.5) is 0 Å². The number of hydrogen-bond acceptors (Lipinski definition) is 6. The molecule has 152 valence electrons. The van der Waals surface area contributed by atoms with E-state index in [0.717, 1.165) is 32.1 Å². The molecule has 1 aromatic rings. The van der Waals surface area contributed by atoms with Gasteiger partial charge >= 0.3 is 5.97 Å². The Labute approximate surface area is 168 Å². The molecule has 28 heavy (non-hydrogen) atoms. The smallest absolute Gasteiger partial charge is 0.338 e. The number of nitrogens with zero attached hydrogens (tertiary/aromatic N) is 1. The number of ether oxygens (including phenoxy) is 4. The van der Waals surface area contributed by atoms with Gasteiger partial charge in [0.2, 0.25) is 0 Å². The normalized spacial score (nSPS) is 24.1. The monoisotopic (exact) mass is 409 g/mol. The van der Waals surface area contributed by atoms with Crippen molar-refractivity contribution in [3.8, 4) is 11.5 Å². The second-order valence-electron chi connectivity index (χ2n) is 7.26. The molecule has 2 heterocycles. The Hall–Kier alpha value is -1.99. The average molecular weight is 410 g/mol. The zero-order chi connectivity index (χ0) is 19.5. The van der Waals surface area contributed by atoms with Crippen LogP contribution in [-0.4, -0.2) is 61.9 Å². The van der Waals surface area contributed by atoms with Gasteiger partial charge in [0.1, 0.15) is 0 Å². The molecule has 0 spiro atoms. The minimum absolute atomic E-state index is 0.0844. The molecule has 1 saturated carbocycles. The summed E-state index contributed by atoms with van der Waals surface area (Å²) in [4.78, 5) is 26.9. The summed E-state index contributed by atoms with van der Waals surface area (Å²) in [6, 6.07) is 3.11. The molecular formula is C20H24ClNO6. The summed E-state index contributed by atoms with van der Waals surface area (Å²) in [5.41, 5.74) is 0.236. The second kappa shape index (κ2) is 8.57. The molecule has 1 amide bonds. The van der Waals surface area contributed by atoms with Gasteiger partial charge in [0, 0.05) is 13.0 Å². The molecule has 1 saturated heterocycles. The molecule has 4 rings (SSSR count). The largest absolute Gasteiger partial charge is 0.489 e. The average Bonchev–Trinajstić information content (AvgIpc) is 2.97. The fourth-order valence-corrected chi connectivity index (χ4v) is 4.31. The molecule has 7 nitrogen and oxygen atoms in total. The Morgan fingerprint density at radius 1 is 1.11 bits per heavy atom. The lowest BCUT2D eigenvalue weighted by Crippen LogP contribution is -2.55. The van der Waals surface area contributed by atoms with E-state index in [1.807, 2.05) is 4.90 Å². The van der Waals surface area contributed by atoms with Crippen molar-refractivity contribution in [1.29, 1.82) is 0 Å². The molecule has 8 heteroatoms. The van der Waals surface area contributed by atoms with Crippen molar-refractivity contribution in [3.63, 3.8) is 0 Å². The van der Waals surface area contributed by atoms with Crippen molar-refractivity contribution in [2.45, 2.75) is 44.2 Å². The van der Waals surface area contributed by atoms with Crippen LogP contribution in [0.25, 0.3) is 0 Å². The number of carbonyl (C=O) groups excluding carboxylic acids is 2. The highest BCUT2D eigenvalue weighted by molar-refractivity contribution is 6.32. The molecular weight excluding hydrogens is 386 g/mol. The Balaban J connectivity index is 1.39. The molecule has 3 aliphatic rings. The van der Waals surface area contributed by atoms with Gasteiger partial charge in [-0.05, 0) is 25.0 Å². The molecule has 0 aromatic heterocycles. The number of hydrogen-bond donors (Lipinski definition) is 0. The Morgan fingerprint density at radius 2 is 1.93 bits per heavy atom. The van der Waals surface area contributed by atoms with Crippen LogP contribution in [0.5, 0.6) is 11.5 Å². The van der Waals surface area contributed by atoms with Crippen LogP contribution in [0.3, 0.4) is 0 Å². The van der Waals surface area contributed by atoms with Crippen molar-refractivity contribution < 1.29 is 28.5 Å². The first-order valence-electron chi connectivity index (χ1n) is 9.81. The first-order chi connectivity index (χ1) is 13.6. The molecule has 2 fully saturated rings. The molecule has 0 N–H and O–H groups in total.